The maximum Gasteiger partial charge on any atom is 0.240 e. The van der Waals surface area contributed by atoms with Gasteiger partial charge < -0.3 is 14.6 Å². The summed E-state index contributed by atoms with van der Waals surface area (Å²) in [5.74, 6) is -0.348. The quantitative estimate of drug-likeness (QED) is 0.422. The highest BCUT2D eigenvalue weighted by Crippen LogP contribution is 2.23. The van der Waals surface area contributed by atoms with Gasteiger partial charge in [0, 0.05) is 18.4 Å². The molecule has 1 N–H and O–H groups in total. The van der Waals surface area contributed by atoms with Crippen LogP contribution < -0.4 is 15.5 Å². The summed E-state index contributed by atoms with van der Waals surface area (Å²) in [5, 5.41) is 2.79. The van der Waals surface area contributed by atoms with Crippen LogP contribution >= 0.6 is 0 Å². The summed E-state index contributed by atoms with van der Waals surface area (Å²) in [7, 11) is -2.74. The zero-order valence-electron chi connectivity index (χ0n) is 19.0. The van der Waals surface area contributed by atoms with Gasteiger partial charge in [0.2, 0.25) is 21.2 Å². The second-order valence-corrected chi connectivity index (χ2v) is 9.77. The largest absolute Gasteiger partial charge is 0.497 e. The van der Waals surface area contributed by atoms with Crippen LogP contribution in [0.5, 0.6) is 5.75 Å². The van der Waals surface area contributed by atoms with Gasteiger partial charge in [0.25, 0.3) is 0 Å². The van der Waals surface area contributed by atoms with E-state index in [1.807, 2.05) is 0 Å². The highest BCUT2D eigenvalue weighted by Gasteiger charge is 2.25. The van der Waals surface area contributed by atoms with Crippen LogP contribution in [0.2, 0.25) is 0 Å². The maximum atomic E-state index is 13.3. The summed E-state index contributed by atoms with van der Waals surface area (Å²) in [6, 6.07) is 14.5. The van der Waals surface area contributed by atoms with Crippen molar-refractivity contribution in [3.8, 4) is 5.75 Å². The summed E-state index contributed by atoms with van der Waals surface area (Å²) in [6.07, 6.45) is 1.15. The monoisotopic (exact) mass is 495 g/mol. The van der Waals surface area contributed by atoms with Crippen molar-refractivity contribution < 1.29 is 22.3 Å². The van der Waals surface area contributed by atoms with E-state index in [1.54, 1.807) is 25.1 Å². The van der Waals surface area contributed by atoms with Gasteiger partial charge in [0.05, 0.1) is 17.4 Å². The molecule has 0 aliphatic rings. The Bertz CT molecular complexity index is 1560. The first-order valence-corrected chi connectivity index (χ1v) is 12.1. The first kappa shape index (κ1) is 24.1. The van der Waals surface area contributed by atoms with Crippen LogP contribution in [0.1, 0.15) is 11.3 Å². The van der Waals surface area contributed by atoms with E-state index in [2.05, 4.69) is 10.3 Å². The normalized spacial score (nSPS) is 11.4. The molecule has 8 nitrogen and oxygen atoms in total. The molecule has 1 amide bonds. The van der Waals surface area contributed by atoms with Gasteiger partial charge in [0.1, 0.15) is 28.7 Å². The number of nitrogens with zero attached hydrogens (tertiary/aromatic N) is 2. The fourth-order valence-electron chi connectivity index (χ4n) is 3.54. The number of benzene rings is 2. The number of carbonyl (C=O) groups is 1. The molecule has 0 unspecified atom stereocenters. The number of aryl methyl sites for hydroxylation is 1. The third kappa shape index (κ3) is 5.07. The summed E-state index contributed by atoms with van der Waals surface area (Å²) >= 11 is 0. The van der Waals surface area contributed by atoms with Crippen LogP contribution in [0.25, 0.3) is 11.0 Å². The number of fused-ring (bicyclic) bond motifs is 1. The van der Waals surface area contributed by atoms with Gasteiger partial charge in [-0.3, -0.25) is 9.59 Å². The molecule has 0 atom stereocenters. The minimum absolute atomic E-state index is 0.0801. The average Bonchev–Trinajstić information content (AvgIpc) is 2.85. The van der Waals surface area contributed by atoms with Gasteiger partial charge in [-0.1, -0.05) is 12.1 Å². The smallest absolute Gasteiger partial charge is 0.240 e. The van der Waals surface area contributed by atoms with Gasteiger partial charge in [-0.2, -0.15) is 0 Å². The Morgan fingerprint density at radius 1 is 1.06 bits per heavy atom. The number of amides is 1. The van der Waals surface area contributed by atoms with Crippen LogP contribution in [0.15, 0.2) is 81.4 Å². The number of halogens is 1. The Morgan fingerprint density at radius 2 is 1.74 bits per heavy atom. The Balaban J connectivity index is 1.72. The van der Waals surface area contributed by atoms with Gasteiger partial charge in [-0.05, 0) is 61.0 Å². The lowest BCUT2D eigenvalue weighted by molar-refractivity contribution is -0.121. The predicted octanol–water partition coefficient (Wildman–Crippen LogP) is 3.00. The summed E-state index contributed by atoms with van der Waals surface area (Å²) < 4.78 is 46.2. The molecule has 0 aliphatic heterocycles. The van der Waals surface area contributed by atoms with Crippen molar-refractivity contribution in [2.24, 2.45) is 0 Å². The van der Waals surface area contributed by atoms with Crippen LogP contribution in [-0.4, -0.2) is 31.0 Å². The van der Waals surface area contributed by atoms with Crippen molar-refractivity contribution >= 4 is 26.8 Å². The van der Waals surface area contributed by atoms with Gasteiger partial charge in [-0.15, -0.1) is 0 Å². The standard InChI is InChI=1S/C25H22FN3O5S/c1-16-3-12-21-24(31)22(35(32,33)20-10-8-19(34-2)9-11-20)14-29(25(21)28-16)15-23(30)27-13-17-4-6-18(26)7-5-17/h3-12,14H,13,15H2,1-2H3,(H,27,30). The van der Waals surface area contributed by atoms with Crippen molar-refractivity contribution in [3.63, 3.8) is 0 Å². The lowest BCUT2D eigenvalue weighted by Gasteiger charge is -2.14. The summed E-state index contributed by atoms with van der Waals surface area (Å²) in [5.41, 5.74) is 0.788. The lowest BCUT2D eigenvalue weighted by atomic mass is 10.2. The summed E-state index contributed by atoms with van der Waals surface area (Å²) in [4.78, 5) is 29.7. The number of pyridine rings is 2. The minimum atomic E-state index is -4.20. The average molecular weight is 496 g/mol. The first-order chi connectivity index (χ1) is 16.7. The molecule has 2 heterocycles. The maximum absolute atomic E-state index is 13.3. The van der Waals surface area contributed by atoms with E-state index < -0.39 is 26.1 Å². The predicted molar refractivity (Wildman–Crippen MR) is 127 cm³/mol. The Morgan fingerprint density at radius 3 is 2.40 bits per heavy atom. The van der Waals surface area contributed by atoms with E-state index in [0.29, 0.717) is 17.0 Å². The number of methoxy groups -OCH3 is 1. The number of rotatable bonds is 7. The molecule has 0 fully saturated rings. The zero-order valence-corrected chi connectivity index (χ0v) is 19.8. The Kier molecular flexibility index (Phi) is 6.65. The highest BCUT2D eigenvalue weighted by molar-refractivity contribution is 7.91. The molecule has 0 aliphatic carbocycles. The molecule has 4 rings (SSSR count). The molecule has 0 bridgehead atoms. The van der Waals surface area contributed by atoms with Crippen molar-refractivity contribution in [1.29, 1.82) is 0 Å². The molecule has 0 saturated heterocycles. The molecule has 35 heavy (non-hydrogen) atoms. The Labute approximate surface area is 200 Å². The number of carbonyl (C=O) groups excluding carboxylic acids is 1. The van der Waals surface area contributed by atoms with Gasteiger partial charge in [-0.25, -0.2) is 17.8 Å². The third-order valence-corrected chi connectivity index (χ3v) is 7.17. The van der Waals surface area contributed by atoms with Gasteiger partial charge in [0.15, 0.2) is 0 Å². The number of aromatic nitrogens is 2. The molecule has 0 radical (unpaired) electrons. The van der Waals surface area contributed by atoms with E-state index in [0.717, 1.165) is 6.20 Å². The third-order valence-electron chi connectivity index (χ3n) is 5.40. The summed E-state index contributed by atoms with van der Waals surface area (Å²) in [6.45, 7) is 1.60. The van der Waals surface area contributed by atoms with E-state index in [-0.39, 0.29) is 34.8 Å². The van der Waals surface area contributed by atoms with Crippen LogP contribution in [-0.2, 0) is 27.7 Å². The number of ether oxygens (including phenoxy) is 1. The van der Waals surface area contributed by atoms with E-state index in [9.17, 15) is 22.4 Å². The molecular weight excluding hydrogens is 473 g/mol. The van der Waals surface area contributed by atoms with E-state index in [4.69, 9.17) is 4.74 Å². The molecule has 10 heteroatoms. The molecule has 180 valence electrons. The second kappa shape index (κ2) is 9.67. The van der Waals surface area contributed by atoms with Crippen molar-refractivity contribution in [3.05, 3.63) is 94.2 Å². The highest BCUT2D eigenvalue weighted by atomic mass is 32.2. The van der Waals surface area contributed by atoms with Crippen LogP contribution in [0.3, 0.4) is 0 Å². The topological polar surface area (TPSA) is 107 Å². The van der Waals surface area contributed by atoms with E-state index in [1.165, 1.54) is 54.1 Å². The van der Waals surface area contributed by atoms with Crippen molar-refractivity contribution in [1.82, 2.24) is 14.9 Å². The molecule has 2 aromatic heterocycles. The van der Waals surface area contributed by atoms with Crippen molar-refractivity contribution in [2.75, 3.05) is 7.11 Å². The molecule has 0 spiro atoms. The van der Waals surface area contributed by atoms with Crippen molar-refractivity contribution in [2.45, 2.75) is 29.8 Å². The first-order valence-electron chi connectivity index (χ1n) is 10.6. The molecule has 2 aromatic carbocycles. The number of hydrogen-bond acceptors (Lipinski definition) is 6. The van der Waals surface area contributed by atoms with Crippen LogP contribution in [0.4, 0.5) is 4.39 Å². The number of hydrogen-bond donors (Lipinski definition) is 1. The van der Waals surface area contributed by atoms with E-state index >= 15 is 0 Å². The SMILES string of the molecule is COc1ccc(S(=O)(=O)c2cn(CC(=O)NCc3ccc(F)cc3)c3nc(C)ccc3c2=O)cc1. The second-order valence-electron chi connectivity index (χ2n) is 7.86. The fourth-order valence-corrected chi connectivity index (χ4v) is 4.91. The zero-order chi connectivity index (χ0) is 25.2. The van der Waals surface area contributed by atoms with Crippen LogP contribution in [0, 0.1) is 12.7 Å². The molecule has 0 saturated carbocycles. The van der Waals surface area contributed by atoms with Gasteiger partial charge >= 0.3 is 0 Å². The Hall–Kier alpha value is -4.05. The fraction of sp³-hybridized carbons (Fsp3) is 0.160. The lowest BCUT2D eigenvalue weighted by Crippen LogP contribution is -2.29. The number of sulfone groups is 1. The molecular formula is C25H22FN3O5S. The number of nitrogens with one attached hydrogen (secondary N) is 1. The minimum Gasteiger partial charge on any atom is -0.497 e. The molecule has 4 aromatic rings.